The zero-order valence-electron chi connectivity index (χ0n) is 11.7. The van der Waals surface area contributed by atoms with Gasteiger partial charge in [0, 0.05) is 31.2 Å². The van der Waals surface area contributed by atoms with Crippen LogP contribution in [-0.2, 0) is 10.2 Å². The molecule has 18 heavy (non-hydrogen) atoms. The molecule has 0 bridgehead atoms. The predicted octanol–water partition coefficient (Wildman–Crippen LogP) is 3.37. The Kier molecular flexibility index (Phi) is 5.53. The lowest BCUT2D eigenvalue weighted by atomic mass is 9.96. The van der Waals surface area contributed by atoms with Gasteiger partial charge in [0.1, 0.15) is 16.2 Å². The van der Waals surface area contributed by atoms with Crippen molar-refractivity contribution in [3.8, 4) is 0 Å². The van der Waals surface area contributed by atoms with E-state index in [4.69, 9.17) is 4.74 Å². The van der Waals surface area contributed by atoms with Gasteiger partial charge in [-0.1, -0.05) is 20.8 Å². The van der Waals surface area contributed by atoms with Crippen LogP contribution in [0.1, 0.15) is 39.9 Å². The molecule has 0 aromatic carbocycles. The normalized spacial score (nSPS) is 13.4. The molecule has 102 valence electrons. The van der Waals surface area contributed by atoms with Gasteiger partial charge in [-0.3, -0.25) is 0 Å². The first kappa shape index (κ1) is 15.4. The summed E-state index contributed by atoms with van der Waals surface area (Å²) in [6, 6.07) is 2.22. The molecule has 1 rings (SSSR count). The Balaban J connectivity index is 2.80. The molecular weight excluding hydrogens is 294 g/mol. The Labute approximate surface area is 118 Å². The van der Waals surface area contributed by atoms with Gasteiger partial charge in [-0.2, -0.15) is 0 Å². The van der Waals surface area contributed by atoms with E-state index in [2.05, 4.69) is 58.9 Å². The highest BCUT2D eigenvalue weighted by molar-refractivity contribution is 9.10. The van der Waals surface area contributed by atoms with Gasteiger partial charge in [-0.25, -0.2) is 9.97 Å². The van der Waals surface area contributed by atoms with E-state index in [-0.39, 0.29) is 5.41 Å². The number of halogens is 1. The van der Waals surface area contributed by atoms with Crippen molar-refractivity contribution in [1.29, 1.82) is 0 Å². The molecule has 1 N–H and O–H groups in total. The van der Waals surface area contributed by atoms with Gasteiger partial charge in [0.2, 0.25) is 0 Å². The molecule has 0 aliphatic heterocycles. The Morgan fingerprint density at radius 2 is 2.06 bits per heavy atom. The third-order valence-corrected chi connectivity index (χ3v) is 2.92. The van der Waals surface area contributed by atoms with Crippen molar-refractivity contribution in [3.05, 3.63) is 16.5 Å². The summed E-state index contributed by atoms with van der Waals surface area (Å²) in [5, 5.41) is 3.37. The molecule has 0 aliphatic rings. The minimum atomic E-state index is -0.0595. The largest absolute Gasteiger partial charge is 0.385 e. The summed E-state index contributed by atoms with van der Waals surface area (Å²) in [7, 11) is 1.71. The molecule has 5 heteroatoms. The fraction of sp³-hybridized carbons (Fsp3) is 0.692. The van der Waals surface area contributed by atoms with E-state index in [9.17, 15) is 0 Å². The highest BCUT2D eigenvalue weighted by atomic mass is 79.9. The molecule has 0 spiro atoms. The molecule has 1 atom stereocenters. The zero-order valence-corrected chi connectivity index (χ0v) is 13.3. The second kappa shape index (κ2) is 6.48. The number of rotatable bonds is 5. The molecule has 1 heterocycles. The third-order valence-electron chi connectivity index (χ3n) is 2.51. The van der Waals surface area contributed by atoms with Gasteiger partial charge in [0.05, 0.1) is 0 Å². The molecule has 0 amide bonds. The fourth-order valence-electron chi connectivity index (χ4n) is 1.45. The van der Waals surface area contributed by atoms with Crippen LogP contribution >= 0.6 is 15.9 Å². The smallest absolute Gasteiger partial charge is 0.137 e. The van der Waals surface area contributed by atoms with Crippen LogP contribution in [0.2, 0.25) is 0 Å². The second-order valence-electron chi connectivity index (χ2n) is 5.48. The third kappa shape index (κ3) is 4.90. The van der Waals surface area contributed by atoms with Gasteiger partial charge in [0.25, 0.3) is 0 Å². The molecular formula is C13H22BrN3O. The van der Waals surface area contributed by atoms with Gasteiger partial charge < -0.3 is 10.1 Å². The van der Waals surface area contributed by atoms with Crippen LogP contribution < -0.4 is 5.32 Å². The first-order valence-corrected chi connectivity index (χ1v) is 6.92. The number of methoxy groups -OCH3 is 1. The second-order valence-corrected chi connectivity index (χ2v) is 6.29. The summed E-state index contributed by atoms with van der Waals surface area (Å²) in [5.74, 6) is 1.68. The minimum absolute atomic E-state index is 0.0595. The maximum atomic E-state index is 5.07. The number of nitrogens with zero attached hydrogens (tertiary/aromatic N) is 2. The summed E-state index contributed by atoms with van der Waals surface area (Å²) < 4.78 is 5.88. The lowest BCUT2D eigenvalue weighted by molar-refractivity contribution is 0.191. The summed E-state index contributed by atoms with van der Waals surface area (Å²) in [6.45, 7) is 9.17. The van der Waals surface area contributed by atoms with E-state index in [1.165, 1.54) is 0 Å². The van der Waals surface area contributed by atoms with Crippen LogP contribution in [0.4, 0.5) is 5.82 Å². The van der Waals surface area contributed by atoms with Crippen LogP contribution in [0.25, 0.3) is 0 Å². The van der Waals surface area contributed by atoms with Gasteiger partial charge in [-0.05, 0) is 29.3 Å². The van der Waals surface area contributed by atoms with E-state index in [1.807, 2.05) is 6.07 Å². The minimum Gasteiger partial charge on any atom is -0.385 e. The van der Waals surface area contributed by atoms with Gasteiger partial charge in [0.15, 0.2) is 0 Å². The summed E-state index contributed by atoms with van der Waals surface area (Å²) in [5.41, 5.74) is -0.0595. The van der Waals surface area contributed by atoms with Crippen molar-refractivity contribution in [3.63, 3.8) is 0 Å². The molecule has 1 aromatic heterocycles. The topological polar surface area (TPSA) is 47.0 Å². The summed E-state index contributed by atoms with van der Waals surface area (Å²) in [6.07, 6.45) is 0.947. The van der Waals surface area contributed by atoms with Crippen molar-refractivity contribution >= 4 is 21.7 Å². The average molecular weight is 316 g/mol. The number of hydrogen-bond acceptors (Lipinski definition) is 4. The fourth-order valence-corrected chi connectivity index (χ4v) is 1.83. The average Bonchev–Trinajstić information content (AvgIpc) is 2.24. The molecule has 0 saturated carbocycles. The van der Waals surface area contributed by atoms with Crippen molar-refractivity contribution in [1.82, 2.24) is 9.97 Å². The van der Waals surface area contributed by atoms with E-state index >= 15 is 0 Å². The molecule has 0 fully saturated rings. The molecule has 0 radical (unpaired) electrons. The first-order valence-electron chi connectivity index (χ1n) is 6.13. The van der Waals surface area contributed by atoms with Gasteiger partial charge >= 0.3 is 0 Å². The summed E-state index contributed by atoms with van der Waals surface area (Å²) in [4.78, 5) is 8.98. The maximum absolute atomic E-state index is 5.07. The van der Waals surface area contributed by atoms with E-state index in [0.29, 0.717) is 6.04 Å². The van der Waals surface area contributed by atoms with E-state index in [1.54, 1.807) is 7.11 Å². The number of hydrogen-bond donors (Lipinski definition) is 1. The van der Waals surface area contributed by atoms with E-state index < -0.39 is 0 Å². The zero-order chi connectivity index (χ0) is 13.8. The number of nitrogens with one attached hydrogen (secondary N) is 1. The Morgan fingerprint density at radius 1 is 1.39 bits per heavy atom. The van der Waals surface area contributed by atoms with E-state index in [0.717, 1.165) is 29.3 Å². The number of aromatic nitrogens is 2. The predicted molar refractivity (Wildman–Crippen MR) is 78.0 cm³/mol. The van der Waals surface area contributed by atoms with Crippen molar-refractivity contribution in [2.24, 2.45) is 0 Å². The lowest BCUT2D eigenvalue weighted by Crippen LogP contribution is -2.21. The Morgan fingerprint density at radius 3 is 2.61 bits per heavy atom. The van der Waals surface area contributed by atoms with Gasteiger partial charge in [-0.15, -0.1) is 0 Å². The standard InChI is InChI=1S/C13H22BrN3O/c1-9(6-7-18-5)15-11-8-10(14)16-12(17-11)13(2,3)4/h8-9H,6-7H2,1-5H3,(H,15,16,17). The number of anilines is 1. The SMILES string of the molecule is COCCC(C)Nc1cc(Br)nc(C(C)(C)C)n1. The van der Waals surface area contributed by atoms with Crippen LogP contribution in [0, 0.1) is 0 Å². The van der Waals surface area contributed by atoms with Crippen LogP contribution in [0.15, 0.2) is 10.7 Å². The van der Waals surface area contributed by atoms with Crippen molar-refractivity contribution in [2.45, 2.75) is 45.6 Å². The van der Waals surface area contributed by atoms with Crippen LogP contribution in [-0.4, -0.2) is 29.7 Å². The highest BCUT2D eigenvalue weighted by Crippen LogP contribution is 2.22. The van der Waals surface area contributed by atoms with Crippen LogP contribution in [0.5, 0.6) is 0 Å². The quantitative estimate of drug-likeness (QED) is 0.846. The summed E-state index contributed by atoms with van der Waals surface area (Å²) >= 11 is 3.43. The van der Waals surface area contributed by atoms with Crippen molar-refractivity contribution < 1.29 is 4.74 Å². The van der Waals surface area contributed by atoms with Crippen LogP contribution in [0.3, 0.4) is 0 Å². The number of ether oxygens (including phenoxy) is 1. The lowest BCUT2D eigenvalue weighted by Gasteiger charge is -2.19. The molecule has 1 unspecified atom stereocenters. The highest BCUT2D eigenvalue weighted by Gasteiger charge is 2.19. The molecule has 1 aromatic rings. The first-order chi connectivity index (χ1) is 8.32. The van der Waals surface area contributed by atoms with Crippen molar-refractivity contribution in [2.75, 3.05) is 19.0 Å². The molecule has 4 nitrogen and oxygen atoms in total. The Bertz CT molecular complexity index is 390. The Hall–Kier alpha value is -0.680. The molecule has 0 aliphatic carbocycles. The molecule has 0 saturated heterocycles. The monoisotopic (exact) mass is 315 g/mol. The maximum Gasteiger partial charge on any atom is 0.137 e.